The lowest BCUT2D eigenvalue weighted by atomic mass is 10.1. The van der Waals surface area contributed by atoms with Gasteiger partial charge in [0, 0.05) is 10.6 Å². The molecule has 0 spiro atoms. The van der Waals surface area contributed by atoms with Gasteiger partial charge >= 0.3 is 0 Å². The molecular weight excluding hydrogens is 278 g/mol. The minimum absolute atomic E-state index is 0.164. The molecule has 6 nitrogen and oxygen atoms in total. The quantitative estimate of drug-likeness (QED) is 0.887. The molecular formula is C13H16ClN5O. The van der Waals surface area contributed by atoms with Gasteiger partial charge in [0.25, 0.3) is 5.91 Å². The Bertz CT molecular complexity index is 584. The van der Waals surface area contributed by atoms with Crippen LogP contribution >= 0.6 is 11.6 Å². The number of amides is 1. The second-order valence-corrected chi connectivity index (χ2v) is 4.98. The van der Waals surface area contributed by atoms with Gasteiger partial charge in [0.05, 0.1) is 6.04 Å². The number of rotatable bonds is 5. The van der Waals surface area contributed by atoms with Crippen molar-refractivity contribution in [3.63, 3.8) is 0 Å². The SMILES string of the molecule is CCC[C@@H](NC(=O)c1ccc(Cl)cc1C)c1nn[nH]n1. The van der Waals surface area contributed by atoms with Crippen molar-refractivity contribution in [2.75, 3.05) is 0 Å². The molecule has 0 aliphatic heterocycles. The maximum atomic E-state index is 12.3. The fourth-order valence-electron chi connectivity index (χ4n) is 1.99. The van der Waals surface area contributed by atoms with Gasteiger partial charge in [-0.15, -0.1) is 10.2 Å². The van der Waals surface area contributed by atoms with Gasteiger partial charge in [-0.05, 0) is 37.1 Å². The zero-order chi connectivity index (χ0) is 14.5. The van der Waals surface area contributed by atoms with Crippen molar-refractivity contribution >= 4 is 17.5 Å². The second-order valence-electron chi connectivity index (χ2n) is 4.54. The van der Waals surface area contributed by atoms with Crippen LogP contribution in [0, 0.1) is 6.92 Å². The lowest BCUT2D eigenvalue weighted by Gasteiger charge is -2.15. The van der Waals surface area contributed by atoms with Gasteiger partial charge in [-0.25, -0.2) is 0 Å². The third-order valence-corrected chi connectivity index (χ3v) is 3.22. The molecule has 0 saturated heterocycles. The summed E-state index contributed by atoms with van der Waals surface area (Å²) in [6.45, 7) is 3.89. The Hall–Kier alpha value is -1.95. The van der Waals surface area contributed by atoms with Crippen molar-refractivity contribution < 1.29 is 4.79 Å². The van der Waals surface area contributed by atoms with E-state index in [0.29, 0.717) is 16.4 Å². The first-order valence-electron chi connectivity index (χ1n) is 6.42. The molecule has 1 aromatic heterocycles. The number of H-pyrrole nitrogens is 1. The molecule has 106 valence electrons. The second kappa shape index (κ2) is 6.47. The Balaban J connectivity index is 2.16. The number of halogens is 1. The molecule has 2 N–H and O–H groups in total. The van der Waals surface area contributed by atoms with Crippen molar-refractivity contribution in [1.29, 1.82) is 0 Å². The van der Waals surface area contributed by atoms with Gasteiger partial charge in [-0.1, -0.05) is 30.2 Å². The summed E-state index contributed by atoms with van der Waals surface area (Å²) in [6, 6.07) is 4.93. The minimum atomic E-state index is -0.249. The highest BCUT2D eigenvalue weighted by Gasteiger charge is 2.19. The van der Waals surface area contributed by atoms with Crippen molar-refractivity contribution in [2.45, 2.75) is 32.7 Å². The summed E-state index contributed by atoms with van der Waals surface area (Å²) in [5.74, 6) is 0.328. The first kappa shape index (κ1) is 14.5. The van der Waals surface area contributed by atoms with E-state index in [1.807, 2.05) is 13.8 Å². The third-order valence-electron chi connectivity index (χ3n) is 2.99. The molecule has 2 rings (SSSR count). The normalized spacial score (nSPS) is 12.2. The molecule has 0 radical (unpaired) electrons. The molecule has 1 atom stereocenters. The van der Waals surface area contributed by atoms with Gasteiger partial charge in [-0.2, -0.15) is 5.21 Å². The number of aromatic amines is 1. The number of benzene rings is 1. The largest absolute Gasteiger partial charge is 0.342 e. The average molecular weight is 294 g/mol. The molecule has 2 aromatic rings. The van der Waals surface area contributed by atoms with Crippen molar-refractivity contribution in [1.82, 2.24) is 25.9 Å². The molecule has 1 aromatic carbocycles. The van der Waals surface area contributed by atoms with E-state index in [1.165, 1.54) is 0 Å². The summed E-state index contributed by atoms with van der Waals surface area (Å²) < 4.78 is 0. The first-order chi connectivity index (χ1) is 9.61. The van der Waals surface area contributed by atoms with Crippen LogP contribution in [0.25, 0.3) is 0 Å². The zero-order valence-electron chi connectivity index (χ0n) is 11.4. The number of carbonyl (C=O) groups is 1. The van der Waals surface area contributed by atoms with E-state index in [-0.39, 0.29) is 11.9 Å². The lowest BCUT2D eigenvalue weighted by molar-refractivity contribution is 0.0932. The molecule has 0 aliphatic rings. The number of hydrogen-bond acceptors (Lipinski definition) is 4. The number of carbonyl (C=O) groups excluding carboxylic acids is 1. The fourth-order valence-corrected chi connectivity index (χ4v) is 2.22. The number of nitrogens with zero attached hydrogens (tertiary/aromatic N) is 3. The molecule has 0 unspecified atom stereocenters. The number of nitrogens with one attached hydrogen (secondary N) is 2. The zero-order valence-corrected chi connectivity index (χ0v) is 12.1. The molecule has 0 aliphatic carbocycles. The van der Waals surface area contributed by atoms with E-state index in [4.69, 9.17) is 11.6 Å². The standard InChI is InChI=1S/C13H16ClN5O/c1-3-4-11(12-16-18-19-17-12)15-13(20)10-6-5-9(14)7-8(10)2/h5-7,11H,3-4H2,1-2H3,(H,15,20)(H,16,17,18,19)/t11-/m1/s1. The molecule has 0 fully saturated rings. The predicted octanol–water partition coefficient (Wildman–Crippen LogP) is 2.43. The number of aryl methyl sites for hydroxylation is 1. The lowest BCUT2D eigenvalue weighted by Crippen LogP contribution is -2.29. The van der Waals surface area contributed by atoms with Gasteiger partial charge in [0.2, 0.25) is 0 Å². The Kier molecular flexibility index (Phi) is 4.68. The summed E-state index contributed by atoms with van der Waals surface area (Å²) in [5.41, 5.74) is 1.43. The predicted molar refractivity (Wildman–Crippen MR) is 75.5 cm³/mol. The van der Waals surface area contributed by atoms with Crippen molar-refractivity contribution in [3.05, 3.63) is 40.2 Å². The van der Waals surface area contributed by atoms with Crippen LogP contribution in [0.2, 0.25) is 5.02 Å². The summed E-state index contributed by atoms with van der Waals surface area (Å²) in [7, 11) is 0. The molecule has 1 amide bonds. The van der Waals surface area contributed by atoms with Crippen molar-refractivity contribution in [3.8, 4) is 0 Å². The maximum absolute atomic E-state index is 12.3. The Morgan fingerprint density at radius 1 is 1.50 bits per heavy atom. The van der Waals surface area contributed by atoms with Crippen molar-refractivity contribution in [2.24, 2.45) is 0 Å². The smallest absolute Gasteiger partial charge is 0.252 e. The van der Waals surface area contributed by atoms with Crippen LogP contribution in [-0.2, 0) is 0 Å². The highest BCUT2D eigenvalue weighted by molar-refractivity contribution is 6.30. The molecule has 20 heavy (non-hydrogen) atoms. The van der Waals surface area contributed by atoms with Gasteiger partial charge in [0.1, 0.15) is 0 Å². The van der Waals surface area contributed by atoms with E-state index in [0.717, 1.165) is 18.4 Å². The average Bonchev–Trinajstić information content (AvgIpc) is 2.91. The van der Waals surface area contributed by atoms with Gasteiger partial charge < -0.3 is 5.32 Å². The number of hydrogen-bond donors (Lipinski definition) is 2. The Labute approximate surface area is 121 Å². The summed E-state index contributed by atoms with van der Waals surface area (Å²) in [6.07, 6.45) is 1.65. The topological polar surface area (TPSA) is 83.6 Å². The van der Waals surface area contributed by atoms with Gasteiger partial charge in [0.15, 0.2) is 5.82 Å². The van der Waals surface area contributed by atoms with Crippen LogP contribution < -0.4 is 5.32 Å². The molecule has 0 bridgehead atoms. The van der Waals surface area contributed by atoms with Crippen LogP contribution in [-0.4, -0.2) is 26.5 Å². The first-order valence-corrected chi connectivity index (χ1v) is 6.80. The van der Waals surface area contributed by atoms with Crippen LogP contribution in [0.1, 0.15) is 47.6 Å². The molecule has 0 saturated carbocycles. The van der Waals surface area contributed by atoms with Crippen LogP contribution in [0.5, 0.6) is 0 Å². The Morgan fingerprint density at radius 2 is 2.30 bits per heavy atom. The molecule has 7 heteroatoms. The van der Waals surface area contributed by atoms with E-state index < -0.39 is 0 Å². The summed E-state index contributed by atoms with van der Waals surface area (Å²) >= 11 is 5.89. The van der Waals surface area contributed by atoms with Crippen LogP contribution in [0.3, 0.4) is 0 Å². The highest BCUT2D eigenvalue weighted by atomic mass is 35.5. The molecule has 1 heterocycles. The maximum Gasteiger partial charge on any atom is 0.252 e. The number of aromatic nitrogens is 4. The highest BCUT2D eigenvalue weighted by Crippen LogP contribution is 2.18. The minimum Gasteiger partial charge on any atom is -0.342 e. The number of tetrazole rings is 1. The van der Waals surface area contributed by atoms with Crippen LogP contribution in [0.4, 0.5) is 0 Å². The monoisotopic (exact) mass is 293 g/mol. The van der Waals surface area contributed by atoms with Crippen LogP contribution in [0.15, 0.2) is 18.2 Å². The van der Waals surface area contributed by atoms with E-state index in [2.05, 4.69) is 25.9 Å². The Morgan fingerprint density at radius 3 is 2.90 bits per heavy atom. The summed E-state index contributed by atoms with van der Waals surface area (Å²) in [5, 5.41) is 17.3. The third kappa shape index (κ3) is 3.33. The van der Waals surface area contributed by atoms with Gasteiger partial charge in [-0.3, -0.25) is 4.79 Å². The van der Waals surface area contributed by atoms with E-state index >= 15 is 0 Å². The fraction of sp³-hybridized carbons (Fsp3) is 0.385. The van der Waals surface area contributed by atoms with E-state index in [1.54, 1.807) is 18.2 Å². The van der Waals surface area contributed by atoms with E-state index in [9.17, 15) is 4.79 Å². The summed E-state index contributed by atoms with van der Waals surface area (Å²) in [4.78, 5) is 12.3.